The van der Waals surface area contributed by atoms with Gasteiger partial charge in [0, 0.05) is 23.2 Å². The summed E-state index contributed by atoms with van der Waals surface area (Å²) in [6.45, 7) is 14.2. The maximum absolute atomic E-state index is 13.2. The number of carbonyl (C=O) groups excluding carboxylic acids is 2. The molecule has 2 amide bonds. The minimum absolute atomic E-state index is 0.0194. The molecule has 3 aromatic rings. The van der Waals surface area contributed by atoms with Crippen LogP contribution >= 0.6 is 0 Å². The zero-order valence-corrected chi connectivity index (χ0v) is 23.0. The number of hydrogen-bond acceptors (Lipinski definition) is 8. The van der Waals surface area contributed by atoms with Crippen molar-refractivity contribution in [2.24, 2.45) is 5.41 Å². The largest absolute Gasteiger partial charge is 0.492 e. The number of nitrogens with one attached hydrogen (secondary N) is 2. The Morgan fingerprint density at radius 3 is 2.45 bits per heavy atom. The highest BCUT2D eigenvalue weighted by molar-refractivity contribution is 6.05. The van der Waals surface area contributed by atoms with Gasteiger partial charge in [-0.2, -0.15) is 5.26 Å². The van der Waals surface area contributed by atoms with Crippen molar-refractivity contribution in [3.8, 4) is 23.4 Å². The number of hydrogen-bond donors (Lipinski definition) is 2. The highest BCUT2D eigenvalue weighted by atomic mass is 16.6. The molecule has 0 aliphatic carbocycles. The number of carbonyl (C=O) groups is 2. The highest BCUT2D eigenvalue weighted by Gasteiger charge is 2.23. The summed E-state index contributed by atoms with van der Waals surface area (Å²) < 4.78 is 12.0. The molecule has 0 radical (unpaired) electrons. The lowest BCUT2D eigenvalue weighted by molar-refractivity contribution is 0.102. The SMILES string of the molecule is COc1c(NC(=O)c2ccc(C)c(-n3cc(OC(=O)NCC(C)(C)C)nn3)c2)cc(C(C)(C)C)nc1C#N. The summed E-state index contributed by atoms with van der Waals surface area (Å²) in [5.41, 5.74) is 2.33. The minimum atomic E-state index is -0.630. The van der Waals surface area contributed by atoms with Crippen molar-refractivity contribution in [2.75, 3.05) is 19.0 Å². The van der Waals surface area contributed by atoms with Crippen LogP contribution in [0.4, 0.5) is 10.5 Å². The average Bonchev–Trinajstić information content (AvgIpc) is 3.29. The molecule has 3 rings (SSSR count). The molecular formula is C27H33N7O4. The Kier molecular flexibility index (Phi) is 8.05. The predicted molar refractivity (Wildman–Crippen MR) is 142 cm³/mol. The third kappa shape index (κ3) is 6.85. The molecule has 200 valence electrons. The van der Waals surface area contributed by atoms with E-state index < -0.39 is 12.0 Å². The first-order valence-electron chi connectivity index (χ1n) is 12.0. The summed E-state index contributed by atoms with van der Waals surface area (Å²) >= 11 is 0. The van der Waals surface area contributed by atoms with Crippen molar-refractivity contribution in [2.45, 2.75) is 53.9 Å². The van der Waals surface area contributed by atoms with E-state index >= 15 is 0 Å². The van der Waals surface area contributed by atoms with Gasteiger partial charge >= 0.3 is 6.09 Å². The number of pyridine rings is 1. The number of anilines is 1. The second-order valence-electron chi connectivity index (χ2n) is 11.1. The van der Waals surface area contributed by atoms with Crippen LogP contribution < -0.4 is 20.1 Å². The number of amides is 2. The predicted octanol–water partition coefficient (Wildman–Crippen LogP) is 4.54. The van der Waals surface area contributed by atoms with E-state index in [0.29, 0.717) is 29.2 Å². The molecule has 0 aliphatic heterocycles. The Morgan fingerprint density at radius 2 is 1.84 bits per heavy atom. The number of ether oxygens (including phenoxy) is 2. The molecular weight excluding hydrogens is 486 g/mol. The van der Waals surface area contributed by atoms with Crippen LogP contribution in [0.15, 0.2) is 30.5 Å². The standard InChI is InChI=1S/C27H33N7O4/c1-16-9-10-17(11-20(16)34-14-22(32-33-34)38-25(36)29-15-26(2,3)4)24(35)31-18-12-21(27(5,6)7)30-19(13-28)23(18)37-8/h9-12,14H,15H2,1-8H3,(H,29,36)(H,30,31,35). The topological polar surface area (TPSA) is 144 Å². The van der Waals surface area contributed by atoms with Crippen LogP contribution in [-0.2, 0) is 5.41 Å². The van der Waals surface area contributed by atoms with Gasteiger partial charge < -0.3 is 20.1 Å². The monoisotopic (exact) mass is 519 g/mol. The van der Waals surface area contributed by atoms with Crippen molar-refractivity contribution in [1.82, 2.24) is 25.3 Å². The quantitative estimate of drug-likeness (QED) is 0.483. The van der Waals surface area contributed by atoms with E-state index in [0.717, 1.165) is 5.56 Å². The molecule has 0 unspecified atom stereocenters. The zero-order valence-electron chi connectivity index (χ0n) is 23.0. The first-order chi connectivity index (χ1) is 17.7. The van der Waals surface area contributed by atoms with Gasteiger partial charge in [0.1, 0.15) is 6.07 Å². The Bertz CT molecular complexity index is 1390. The Hall–Kier alpha value is -4.46. The van der Waals surface area contributed by atoms with Crippen molar-refractivity contribution < 1.29 is 19.1 Å². The molecule has 11 heteroatoms. The van der Waals surface area contributed by atoms with Crippen LogP contribution in [0.2, 0.25) is 0 Å². The summed E-state index contributed by atoms with van der Waals surface area (Å²) in [6, 6.07) is 8.83. The number of aromatic nitrogens is 4. The third-order valence-electron chi connectivity index (χ3n) is 5.45. The van der Waals surface area contributed by atoms with Crippen LogP contribution in [0, 0.1) is 23.7 Å². The molecule has 0 fully saturated rings. The second-order valence-corrected chi connectivity index (χ2v) is 11.1. The summed E-state index contributed by atoms with van der Waals surface area (Å²) in [5.74, 6) is -0.215. The maximum Gasteiger partial charge on any atom is 0.414 e. The van der Waals surface area contributed by atoms with Crippen molar-refractivity contribution in [3.05, 3.63) is 53.0 Å². The average molecular weight is 520 g/mol. The van der Waals surface area contributed by atoms with Crippen LogP contribution in [0.1, 0.15) is 68.9 Å². The highest BCUT2D eigenvalue weighted by Crippen LogP contribution is 2.33. The van der Waals surface area contributed by atoms with Gasteiger partial charge in [-0.15, -0.1) is 0 Å². The van der Waals surface area contributed by atoms with E-state index in [4.69, 9.17) is 9.47 Å². The van der Waals surface area contributed by atoms with E-state index in [2.05, 4.69) is 25.9 Å². The fourth-order valence-electron chi connectivity index (χ4n) is 3.37. The summed E-state index contributed by atoms with van der Waals surface area (Å²) in [5, 5.41) is 23.1. The summed E-state index contributed by atoms with van der Waals surface area (Å²) in [7, 11) is 1.42. The van der Waals surface area contributed by atoms with Gasteiger partial charge in [0.2, 0.25) is 0 Å². The van der Waals surface area contributed by atoms with Crippen molar-refractivity contribution in [1.29, 1.82) is 5.26 Å². The van der Waals surface area contributed by atoms with Gasteiger partial charge in [-0.25, -0.2) is 14.5 Å². The van der Waals surface area contributed by atoms with Gasteiger partial charge in [-0.05, 0) is 36.1 Å². The molecule has 2 N–H and O–H groups in total. The number of aryl methyl sites for hydroxylation is 1. The van der Waals surface area contributed by atoms with Crippen LogP contribution in [0.25, 0.3) is 5.69 Å². The van der Waals surface area contributed by atoms with E-state index in [1.165, 1.54) is 18.0 Å². The van der Waals surface area contributed by atoms with Crippen molar-refractivity contribution >= 4 is 17.7 Å². The maximum atomic E-state index is 13.2. The van der Waals surface area contributed by atoms with Crippen LogP contribution in [0.5, 0.6) is 11.6 Å². The lowest BCUT2D eigenvalue weighted by Gasteiger charge is -2.21. The summed E-state index contributed by atoms with van der Waals surface area (Å²) in [4.78, 5) is 29.7. The molecule has 2 heterocycles. The second kappa shape index (κ2) is 10.9. The lowest BCUT2D eigenvalue weighted by Crippen LogP contribution is -2.34. The van der Waals surface area contributed by atoms with Crippen LogP contribution in [-0.4, -0.2) is 45.6 Å². The fourth-order valence-corrected chi connectivity index (χ4v) is 3.37. The smallest absolute Gasteiger partial charge is 0.414 e. The van der Waals surface area contributed by atoms with Gasteiger partial charge in [0.05, 0.1) is 24.7 Å². The molecule has 0 bridgehead atoms. The number of methoxy groups -OCH3 is 1. The van der Waals surface area contributed by atoms with Gasteiger partial charge in [0.15, 0.2) is 11.4 Å². The molecule has 0 aliphatic rings. The zero-order chi connectivity index (χ0) is 28.3. The lowest BCUT2D eigenvalue weighted by atomic mass is 9.91. The van der Waals surface area contributed by atoms with E-state index in [-0.39, 0.29) is 28.2 Å². The van der Waals surface area contributed by atoms with E-state index in [1.54, 1.807) is 24.3 Å². The first-order valence-corrected chi connectivity index (χ1v) is 12.0. The van der Waals surface area contributed by atoms with Crippen molar-refractivity contribution in [3.63, 3.8) is 0 Å². The Morgan fingerprint density at radius 1 is 1.13 bits per heavy atom. The van der Waals surface area contributed by atoms with Gasteiger partial charge in [0.25, 0.3) is 11.8 Å². The molecule has 11 nitrogen and oxygen atoms in total. The van der Waals surface area contributed by atoms with Crippen LogP contribution in [0.3, 0.4) is 0 Å². The normalized spacial score (nSPS) is 11.4. The minimum Gasteiger partial charge on any atom is -0.492 e. The third-order valence-corrected chi connectivity index (χ3v) is 5.45. The molecule has 0 saturated carbocycles. The summed E-state index contributed by atoms with van der Waals surface area (Å²) in [6.07, 6.45) is 0.830. The Labute approximate surface area is 222 Å². The molecule has 2 aromatic heterocycles. The molecule has 1 aromatic carbocycles. The number of rotatable bonds is 6. The molecule has 0 saturated heterocycles. The molecule has 38 heavy (non-hydrogen) atoms. The first kappa shape index (κ1) is 28.1. The van der Waals surface area contributed by atoms with E-state index in [9.17, 15) is 14.9 Å². The van der Waals surface area contributed by atoms with Gasteiger partial charge in [-0.3, -0.25) is 4.79 Å². The molecule has 0 atom stereocenters. The number of nitrogens with zero attached hydrogens (tertiary/aromatic N) is 5. The fraction of sp³-hybridized carbons (Fsp3) is 0.407. The van der Waals surface area contributed by atoms with E-state index in [1.807, 2.05) is 54.5 Å². The molecule has 0 spiro atoms. The Balaban J connectivity index is 1.86. The number of benzene rings is 1. The number of nitriles is 1. The van der Waals surface area contributed by atoms with Gasteiger partial charge in [-0.1, -0.05) is 57.9 Å².